The lowest BCUT2D eigenvalue weighted by molar-refractivity contribution is 0.233. The fraction of sp³-hybridized carbons (Fsp3) is 1.00. The van der Waals surface area contributed by atoms with E-state index in [9.17, 15) is 0 Å². The summed E-state index contributed by atoms with van der Waals surface area (Å²) < 4.78 is 0. The van der Waals surface area contributed by atoms with Gasteiger partial charge in [-0.1, -0.05) is 20.8 Å². The van der Waals surface area contributed by atoms with E-state index in [1.165, 1.54) is 6.42 Å². The molecule has 1 rings (SSSR count). The zero-order valence-electron chi connectivity index (χ0n) is 6.52. The lowest BCUT2D eigenvalue weighted by Gasteiger charge is -2.13. The van der Waals surface area contributed by atoms with Gasteiger partial charge < -0.3 is 5.11 Å². The van der Waals surface area contributed by atoms with Crippen LogP contribution in [0.3, 0.4) is 0 Å². The van der Waals surface area contributed by atoms with Gasteiger partial charge in [0.15, 0.2) is 0 Å². The van der Waals surface area contributed by atoms with Crippen LogP contribution in [0.25, 0.3) is 0 Å². The topological polar surface area (TPSA) is 20.2 Å². The molecule has 0 aromatic heterocycles. The number of aliphatic hydroxyl groups is 1. The first-order chi connectivity index (χ1) is 4.11. The third-order valence-corrected chi connectivity index (χ3v) is 3.00. The van der Waals surface area contributed by atoms with E-state index in [1.807, 2.05) is 0 Å². The van der Waals surface area contributed by atoms with Gasteiger partial charge in [-0.25, -0.2) is 0 Å². The minimum absolute atomic E-state index is 0.384. The van der Waals surface area contributed by atoms with E-state index < -0.39 is 0 Å². The summed E-state index contributed by atoms with van der Waals surface area (Å²) in [6.45, 7) is 7.11. The predicted molar refractivity (Wildman–Crippen MR) is 38.1 cm³/mol. The summed E-state index contributed by atoms with van der Waals surface area (Å²) >= 11 is 0. The van der Waals surface area contributed by atoms with Gasteiger partial charge in [-0.15, -0.1) is 0 Å². The van der Waals surface area contributed by atoms with Crippen molar-refractivity contribution in [1.82, 2.24) is 0 Å². The molecule has 0 unspecified atom stereocenters. The van der Waals surface area contributed by atoms with Crippen LogP contribution in [0.1, 0.15) is 27.2 Å². The van der Waals surface area contributed by atoms with Crippen molar-refractivity contribution in [3.05, 3.63) is 0 Å². The SMILES string of the molecule is CC(C)[C@@]1(C)C[C@H]1CO. The van der Waals surface area contributed by atoms with Crippen molar-refractivity contribution in [2.45, 2.75) is 27.2 Å². The van der Waals surface area contributed by atoms with E-state index in [4.69, 9.17) is 5.11 Å². The highest BCUT2D eigenvalue weighted by Gasteiger charge is 2.51. The number of hydrogen-bond donors (Lipinski definition) is 1. The van der Waals surface area contributed by atoms with Gasteiger partial charge in [-0.05, 0) is 23.7 Å². The molecule has 1 N–H and O–H groups in total. The van der Waals surface area contributed by atoms with E-state index in [2.05, 4.69) is 20.8 Å². The normalized spacial score (nSPS) is 41.7. The summed E-state index contributed by atoms with van der Waals surface area (Å²) in [7, 11) is 0. The Labute approximate surface area is 57.1 Å². The maximum absolute atomic E-state index is 8.79. The molecule has 1 heteroatoms. The van der Waals surface area contributed by atoms with Gasteiger partial charge in [0.25, 0.3) is 0 Å². The van der Waals surface area contributed by atoms with Crippen molar-refractivity contribution in [1.29, 1.82) is 0 Å². The van der Waals surface area contributed by atoms with Crippen molar-refractivity contribution in [3.63, 3.8) is 0 Å². The molecule has 1 saturated carbocycles. The summed E-state index contributed by atoms with van der Waals surface area (Å²) in [5.41, 5.74) is 0.467. The Balaban J connectivity index is 2.42. The van der Waals surface area contributed by atoms with Crippen LogP contribution in [0.4, 0.5) is 0 Å². The molecule has 0 aromatic rings. The Morgan fingerprint density at radius 2 is 2.22 bits per heavy atom. The average Bonchev–Trinajstić information content (AvgIpc) is 2.44. The fourth-order valence-corrected chi connectivity index (χ4v) is 1.45. The van der Waals surface area contributed by atoms with Gasteiger partial charge in [-0.2, -0.15) is 0 Å². The van der Waals surface area contributed by atoms with Crippen molar-refractivity contribution in [3.8, 4) is 0 Å². The summed E-state index contributed by atoms with van der Waals surface area (Å²) in [6.07, 6.45) is 1.22. The Bertz CT molecular complexity index is 109. The molecule has 0 heterocycles. The van der Waals surface area contributed by atoms with Gasteiger partial charge in [0.05, 0.1) is 0 Å². The second-order valence-electron chi connectivity index (χ2n) is 3.74. The second kappa shape index (κ2) is 1.98. The first kappa shape index (κ1) is 7.07. The van der Waals surface area contributed by atoms with E-state index in [-0.39, 0.29) is 0 Å². The minimum atomic E-state index is 0.384. The first-order valence-corrected chi connectivity index (χ1v) is 3.72. The van der Waals surface area contributed by atoms with Crippen LogP contribution < -0.4 is 0 Å². The molecule has 1 aliphatic rings. The van der Waals surface area contributed by atoms with Crippen molar-refractivity contribution >= 4 is 0 Å². The Hall–Kier alpha value is -0.0400. The molecule has 0 radical (unpaired) electrons. The number of hydrogen-bond acceptors (Lipinski definition) is 1. The molecular formula is C8H16O. The molecule has 1 fully saturated rings. The van der Waals surface area contributed by atoms with Crippen LogP contribution >= 0.6 is 0 Å². The summed E-state index contributed by atoms with van der Waals surface area (Å²) in [5, 5.41) is 8.79. The standard InChI is InChI=1S/C8H16O/c1-6(2)8(3)4-7(8)5-9/h6-7,9H,4-5H2,1-3H3/t7-,8+/m0/s1. The maximum atomic E-state index is 8.79. The molecule has 0 amide bonds. The van der Waals surface area contributed by atoms with E-state index in [0.717, 1.165) is 5.92 Å². The molecule has 1 nitrogen and oxygen atoms in total. The van der Waals surface area contributed by atoms with E-state index in [0.29, 0.717) is 17.9 Å². The molecule has 0 aliphatic heterocycles. The Morgan fingerprint density at radius 1 is 1.67 bits per heavy atom. The third kappa shape index (κ3) is 0.983. The maximum Gasteiger partial charge on any atom is 0.0464 e. The van der Waals surface area contributed by atoms with Crippen LogP contribution in [0.2, 0.25) is 0 Å². The monoisotopic (exact) mass is 128 g/mol. The first-order valence-electron chi connectivity index (χ1n) is 3.72. The third-order valence-electron chi connectivity index (χ3n) is 3.00. The molecular weight excluding hydrogens is 112 g/mol. The van der Waals surface area contributed by atoms with Gasteiger partial charge in [0.2, 0.25) is 0 Å². The van der Waals surface area contributed by atoms with Crippen molar-refractivity contribution < 1.29 is 5.11 Å². The molecule has 0 saturated heterocycles. The molecule has 1 aliphatic carbocycles. The highest BCUT2D eigenvalue weighted by molar-refractivity contribution is 5.00. The predicted octanol–water partition coefficient (Wildman–Crippen LogP) is 1.66. The van der Waals surface area contributed by atoms with Gasteiger partial charge >= 0.3 is 0 Å². The zero-order valence-corrected chi connectivity index (χ0v) is 6.52. The summed E-state index contributed by atoms with van der Waals surface area (Å²) in [6, 6.07) is 0. The molecule has 54 valence electrons. The van der Waals surface area contributed by atoms with Crippen LogP contribution in [-0.2, 0) is 0 Å². The second-order valence-corrected chi connectivity index (χ2v) is 3.74. The largest absolute Gasteiger partial charge is 0.396 e. The minimum Gasteiger partial charge on any atom is -0.396 e. The Morgan fingerprint density at radius 3 is 2.33 bits per heavy atom. The lowest BCUT2D eigenvalue weighted by atomic mass is 9.92. The molecule has 0 bridgehead atoms. The van der Waals surface area contributed by atoms with Gasteiger partial charge in [0, 0.05) is 6.61 Å². The van der Waals surface area contributed by atoms with Gasteiger partial charge in [-0.3, -0.25) is 0 Å². The molecule has 2 atom stereocenters. The van der Waals surface area contributed by atoms with Crippen LogP contribution in [-0.4, -0.2) is 11.7 Å². The van der Waals surface area contributed by atoms with Crippen molar-refractivity contribution in [2.24, 2.45) is 17.3 Å². The molecule has 0 aromatic carbocycles. The highest BCUT2D eigenvalue weighted by atomic mass is 16.3. The lowest BCUT2D eigenvalue weighted by Crippen LogP contribution is -2.08. The molecule has 9 heavy (non-hydrogen) atoms. The number of aliphatic hydroxyl groups excluding tert-OH is 1. The average molecular weight is 128 g/mol. The Kier molecular flexibility index (Phi) is 1.55. The van der Waals surface area contributed by atoms with Gasteiger partial charge in [0.1, 0.15) is 0 Å². The number of rotatable bonds is 2. The highest BCUT2D eigenvalue weighted by Crippen LogP contribution is 2.56. The molecule has 0 spiro atoms. The van der Waals surface area contributed by atoms with Crippen LogP contribution in [0.5, 0.6) is 0 Å². The smallest absolute Gasteiger partial charge is 0.0464 e. The zero-order chi connectivity index (χ0) is 7.07. The quantitative estimate of drug-likeness (QED) is 0.599. The van der Waals surface area contributed by atoms with Crippen LogP contribution in [0, 0.1) is 17.3 Å². The van der Waals surface area contributed by atoms with E-state index >= 15 is 0 Å². The summed E-state index contributed by atoms with van der Waals surface area (Å²) in [4.78, 5) is 0. The van der Waals surface area contributed by atoms with Crippen molar-refractivity contribution in [2.75, 3.05) is 6.61 Å². The fourth-order valence-electron chi connectivity index (χ4n) is 1.45. The summed E-state index contributed by atoms with van der Waals surface area (Å²) in [5.74, 6) is 1.33. The van der Waals surface area contributed by atoms with E-state index in [1.54, 1.807) is 0 Å². The van der Waals surface area contributed by atoms with Crippen LogP contribution in [0.15, 0.2) is 0 Å².